The van der Waals surface area contributed by atoms with Gasteiger partial charge in [-0.15, -0.1) is 0 Å². The predicted octanol–water partition coefficient (Wildman–Crippen LogP) is 0.709. The van der Waals surface area contributed by atoms with Gasteiger partial charge in [-0.2, -0.15) is 5.10 Å². The number of nitrogens with zero attached hydrogens (tertiary/aromatic N) is 2. The van der Waals surface area contributed by atoms with Crippen molar-refractivity contribution in [2.45, 2.75) is 19.9 Å². The number of rotatable bonds is 5. The number of aryl methyl sites for hydroxylation is 1. The van der Waals surface area contributed by atoms with Crippen molar-refractivity contribution in [2.75, 3.05) is 13.7 Å². The van der Waals surface area contributed by atoms with Gasteiger partial charge in [-0.05, 0) is 12.5 Å². The normalized spacial score (nSPS) is 10.5. The van der Waals surface area contributed by atoms with E-state index in [0.717, 1.165) is 0 Å². The summed E-state index contributed by atoms with van der Waals surface area (Å²) in [6, 6.07) is 6.71. The Kier molecular flexibility index (Phi) is 4.88. The largest absolute Gasteiger partial charge is 0.451 e. The maximum atomic E-state index is 12.3. The number of likely N-dealkylation sites (N-methyl/N-ethyl adjacent to an activating group) is 1. The second-order valence-electron chi connectivity index (χ2n) is 4.67. The Balaban J connectivity index is 2.47. The molecule has 1 aromatic carbocycles. The fourth-order valence-corrected chi connectivity index (χ4v) is 2.02. The molecule has 7 heteroatoms. The van der Waals surface area contributed by atoms with Crippen LogP contribution < -0.4 is 10.9 Å². The van der Waals surface area contributed by atoms with Crippen LogP contribution in [0.15, 0.2) is 29.1 Å². The molecule has 22 heavy (non-hydrogen) atoms. The second-order valence-corrected chi connectivity index (χ2v) is 4.67. The van der Waals surface area contributed by atoms with Gasteiger partial charge in [0.1, 0.15) is 0 Å². The molecular formula is C15H17N3O4. The number of esters is 1. The molecule has 1 N–H and O–H groups in total. The van der Waals surface area contributed by atoms with Crippen molar-refractivity contribution in [3.05, 3.63) is 40.3 Å². The molecule has 2 rings (SSSR count). The molecule has 116 valence electrons. The van der Waals surface area contributed by atoms with Crippen molar-refractivity contribution in [1.82, 2.24) is 15.1 Å². The average Bonchev–Trinajstić information content (AvgIpc) is 2.55. The van der Waals surface area contributed by atoms with Crippen molar-refractivity contribution in [3.8, 4) is 0 Å². The Bertz CT molecular complexity index is 767. The number of carbonyl (C=O) groups is 2. The van der Waals surface area contributed by atoms with E-state index in [-0.39, 0.29) is 11.3 Å². The summed E-state index contributed by atoms with van der Waals surface area (Å²) >= 11 is 0. The summed E-state index contributed by atoms with van der Waals surface area (Å²) in [6.07, 6.45) is 0.706. The van der Waals surface area contributed by atoms with Crippen molar-refractivity contribution >= 4 is 22.6 Å². The summed E-state index contributed by atoms with van der Waals surface area (Å²) < 4.78 is 6.18. The van der Waals surface area contributed by atoms with E-state index in [1.807, 2.05) is 6.92 Å². The van der Waals surface area contributed by atoms with Gasteiger partial charge in [0.05, 0.1) is 5.39 Å². The topological polar surface area (TPSA) is 90.3 Å². The standard InChI is InChI=1S/C15H17N3O4/c1-3-8-18-14(20)11-7-5-4-6-10(11)13(17-18)15(21)22-9-12(19)16-2/h4-7H,3,8-9H2,1-2H3,(H,16,19). The Labute approximate surface area is 126 Å². The van der Waals surface area contributed by atoms with E-state index >= 15 is 0 Å². The lowest BCUT2D eigenvalue weighted by molar-refractivity contribution is -0.123. The Morgan fingerprint density at radius 1 is 1.27 bits per heavy atom. The van der Waals surface area contributed by atoms with Crippen LogP contribution in [0.5, 0.6) is 0 Å². The fourth-order valence-electron chi connectivity index (χ4n) is 2.02. The number of aromatic nitrogens is 2. The molecule has 2 aromatic rings. The molecule has 0 aliphatic rings. The number of benzene rings is 1. The van der Waals surface area contributed by atoms with Crippen LogP contribution in [0.2, 0.25) is 0 Å². The Morgan fingerprint density at radius 3 is 2.59 bits per heavy atom. The SMILES string of the molecule is CCCn1nc(C(=O)OCC(=O)NC)c2ccccc2c1=O. The minimum Gasteiger partial charge on any atom is -0.451 e. The summed E-state index contributed by atoms with van der Waals surface area (Å²) in [5.41, 5.74) is -0.215. The molecule has 0 atom stereocenters. The van der Waals surface area contributed by atoms with Gasteiger partial charge in [0, 0.05) is 19.0 Å². The zero-order valence-corrected chi connectivity index (χ0v) is 12.5. The third-order valence-electron chi connectivity index (χ3n) is 3.11. The Hall–Kier alpha value is -2.70. The maximum Gasteiger partial charge on any atom is 0.359 e. The lowest BCUT2D eigenvalue weighted by Crippen LogP contribution is -2.28. The zero-order valence-electron chi connectivity index (χ0n) is 12.5. The number of hydrogen-bond acceptors (Lipinski definition) is 5. The van der Waals surface area contributed by atoms with Gasteiger partial charge in [0.2, 0.25) is 0 Å². The second kappa shape index (κ2) is 6.84. The van der Waals surface area contributed by atoms with Crippen LogP contribution in [0.1, 0.15) is 23.8 Å². The highest BCUT2D eigenvalue weighted by atomic mass is 16.5. The number of nitrogens with one attached hydrogen (secondary N) is 1. The quantitative estimate of drug-likeness (QED) is 0.822. The summed E-state index contributed by atoms with van der Waals surface area (Å²) in [7, 11) is 1.45. The molecule has 0 bridgehead atoms. The molecule has 0 fully saturated rings. The average molecular weight is 303 g/mol. The molecule has 0 saturated carbocycles. The predicted molar refractivity (Wildman–Crippen MR) is 80.6 cm³/mol. The first-order valence-corrected chi connectivity index (χ1v) is 6.96. The molecule has 1 aromatic heterocycles. The molecule has 1 heterocycles. The lowest BCUT2D eigenvalue weighted by Gasteiger charge is -2.10. The molecule has 1 amide bonds. The number of amides is 1. The van der Waals surface area contributed by atoms with E-state index < -0.39 is 18.5 Å². The third kappa shape index (κ3) is 3.13. The molecule has 7 nitrogen and oxygen atoms in total. The summed E-state index contributed by atoms with van der Waals surface area (Å²) in [4.78, 5) is 35.6. The molecule has 0 spiro atoms. The first-order valence-electron chi connectivity index (χ1n) is 6.96. The smallest absolute Gasteiger partial charge is 0.359 e. The van der Waals surface area contributed by atoms with E-state index in [1.165, 1.54) is 11.7 Å². The molecule has 0 unspecified atom stereocenters. The number of ether oxygens (including phenoxy) is 1. The number of carbonyl (C=O) groups excluding carboxylic acids is 2. The fraction of sp³-hybridized carbons (Fsp3) is 0.333. The molecule has 0 radical (unpaired) electrons. The number of fused-ring (bicyclic) bond motifs is 1. The minimum absolute atomic E-state index is 0.0348. The van der Waals surface area contributed by atoms with Crippen LogP contribution >= 0.6 is 0 Å². The zero-order chi connectivity index (χ0) is 16.1. The highest BCUT2D eigenvalue weighted by Crippen LogP contribution is 2.14. The lowest BCUT2D eigenvalue weighted by atomic mass is 10.1. The van der Waals surface area contributed by atoms with E-state index in [1.54, 1.807) is 24.3 Å². The summed E-state index contributed by atoms with van der Waals surface area (Å²) in [5, 5.41) is 7.27. The first-order chi connectivity index (χ1) is 10.6. The highest BCUT2D eigenvalue weighted by Gasteiger charge is 2.18. The molecule has 0 saturated heterocycles. The first kappa shape index (κ1) is 15.7. The third-order valence-corrected chi connectivity index (χ3v) is 3.11. The van der Waals surface area contributed by atoms with Gasteiger partial charge in [0.15, 0.2) is 12.3 Å². The molecule has 0 aliphatic carbocycles. The van der Waals surface area contributed by atoms with Gasteiger partial charge in [-0.3, -0.25) is 9.59 Å². The van der Waals surface area contributed by atoms with Crippen LogP contribution in [0, 0.1) is 0 Å². The minimum atomic E-state index is -0.732. The highest BCUT2D eigenvalue weighted by molar-refractivity contribution is 6.02. The summed E-state index contributed by atoms with van der Waals surface area (Å²) in [6.45, 7) is 1.92. The maximum absolute atomic E-state index is 12.3. The van der Waals surface area contributed by atoms with Crippen molar-refractivity contribution in [2.24, 2.45) is 0 Å². The van der Waals surface area contributed by atoms with Crippen molar-refractivity contribution < 1.29 is 14.3 Å². The van der Waals surface area contributed by atoms with Crippen LogP contribution in [-0.2, 0) is 16.1 Å². The van der Waals surface area contributed by atoms with Gasteiger partial charge in [-0.1, -0.05) is 25.1 Å². The van der Waals surface area contributed by atoms with Crippen LogP contribution in [-0.4, -0.2) is 35.3 Å². The van der Waals surface area contributed by atoms with E-state index in [4.69, 9.17) is 4.74 Å². The van der Waals surface area contributed by atoms with E-state index in [0.29, 0.717) is 23.7 Å². The van der Waals surface area contributed by atoms with Crippen molar-refractivity contribution in [3.63, 3.8) is 0 Å². The van der Waals surface area contributed by atoms with Crippen LogP contribution in [0.3, 0.4) is 0 Å². The number of hydrogen-bond donors (Lipinski definition) is 1. The van der Waals surface area contributed by atoms with Gasteiger partial charge < -0.3 is 10.1 Å². The summed E-state index contributed by atoms with van der Waals surface area (Å²) in [5.74, 6) is -1.15. The van der Waals surface area contributed by atoms with Crippen molar-refractivity contribution in [1.29, 1.82) is 0 Å². The van der Waals surface area contributed by atoms with Gasteiger partial charge in [-0.25, -0.2) is 9.48 Å². The van der Waals surface area contributed by atoms with E-state index in [9.17, 15) is 14.4 Å². The van der Waals surface area contributed by atoms with E-state index in [2.05, 4.69) is 10.4 Å². The van der Waals surface area contributed by atoms with Gasteiger partial charge >= 0.3 is 5.97 Å². The van der Waals surface area contributed by atoms with Crippen LogP contribution in [0.4, 0.5) is 0 Å². The monoisotopic (exact) mass is 303 g/mol. The van der Waals surface area contributed by atoms with Crippen LogP contribution in [0.25, 0.3) is 10.8 Å². The molecule has 0 aliphatic heterocycles. The Morgan fingerprint density at radius 2 is 1.95 bits per heavy atom. The van der Waals surface area contributed by atoms with Gasteiger partial charge in [0.25, 0.3) is 11.5 Å². The molecular weight excluding hydrogens is 286 g/mol.